The van der Waals surface area contributed by atoms with E-state index in [0.717, 1.165) is 11.1 Å². The minimum Gasteiger partial charge on any atom is -0.462 e. The van der Waals surface area contributed by atoms with Gasteiger partial charge in [0.05, 0.1) is 16.9 Å². The van der Waals surface area contributed by atoms with Gasteiger partial charge >= 0.3 is 17.9 Å². The molecule has 1 spiro atoms. The summed E-state index contributed by atoms with van der Waals surface area (Å²) in [5.74, 6) is -3.06. The Morgan fingerprint density at radius 1 is 1.12 bits per heavy atom. The fraction of sp³-hybridized carbons (Fsp3) is 0.625. The molecule has 8 heteroatoms. The van der Waals surface area contributed by atoms with Gasteiger partial charge in [-0.15, -0.1) is 0 Å². The highest BCUT2D eigenvalue weighted by molar-refractivity contribution is 6.09. The van der Waals surface area contributed by atoms with Crippen LogP contribution in [0, 0.1) is 39.9 Å². The Hall–Kier alpha value is -3.00. The smallest absolute Gasteiger partial charge is 0.334 e. The summed E-state index contributed by atoms with van der Waals surface area (Å²) in [7, 11) is 0. The van der Waals surface area contributed by atoms with Gasteiger partial charge in [0.15, 0.2) is 5.78 Å². The highest BCUT2D eigenvalue weighted by Crippen LogP contribution is 2.80. The summed E-state index contributed by atoms with van der Waals surface area (Å²) >= 11 is 0. The van der Waals surface area contributed by atoms with E-state index in [0.29, 0.717) is 30.4 Å². The normalized spacial score (nSPS) is 50.1. The largest absolute Gasteiger partial charge is 0.462 e. The second-order valence-corrected chi connectivity index (χ2v) is 13.8. The molecule has 0 aromatic rings. The quantitative estimate of drug-likeness (QED) is 0.229. The molecule has 2 aliphatic heterocycles. The first kappa shape index (κ1) is 25.9. The van der Waals surface area contributed by atoms with E-state index in [9.17, 15) is 24.3 Å². The molecule has 7 aliphatic rings. The zero-order chi connectivity index (χ0) is 28.7. The number of ketones is 1. The van der Waals surface area contributed by atoms with E-state index in [-0.39, 0.29) is 18.1 Å². The topological polar surface area (TPSA) is 116 Å². The molecule has 0 aromatic heterocycles. The SMILES string of the molecule is C=C1C(=O)O[C@@H]2[C@@H]3[C@@]4(C=C[C@@]3(C)[C@@]3(C4)C(=O)O[C@@H]4[C@H]5C(C)=CC(=O)C5=C(C)C[C@H](OC(C)=O)[C@H]43)[C@](C)(O)CC[C@@H]12. The Bertz CT molecular complexity index is 1410. The molecule has 0 aromatic carbocycles. The number of allylic oxidation sites excluding steroid dienone is 2. The second kappa shape index (κ2) is 7.64. The van der Waals surface area contributed by atoms with Crippen molar-refractivity contribution in [2.75, 3.05) is 0 Å². The molecule has 2 bridgehead atoms. The van der Waals surface area contributed by atoms with Gasteiger partial charge in [0.1, 0.15) is 18.3 Å². The summed E-state index contributed by atoms with van der Waals surface area (Å²) in [6.45, 7) is 13.0. The van der Waals surface area contributed by atoms with E-state index in [2.05, 4.69) is 6.58 Å². The predicted octanol–water partition coefficient (Wildman–Crippen LogP) is 3.54. The number of carbonyl (C=O) groups is 4. The van der Waals surface area contributed by atoms with E-state index < -0.39 is 75.8 Å². The van der Waals surface area contributed by atoms with Gasteiger partial charge < -0.3 is 19.3 Å². The number of ether oxygens (including phenoxy) is 3. The lowest BCUT2D eigenvalue weighted by molar-refractivity contribution is -0.160. The van der Waals surface area contributed by atoms with Gasteiger partial charge in [0.25, 0.3) is 0 Å². The number of carbonyl (C=O) groups excluding carboxylic acids is 4. The van der Waals surface area contributed by atoms with Gasteiger partial charge in [-0.3, -0.25) is 14.4 Å². The molecule has 40 heavy (non-hydrogen) atoms. The van der Waals surface area contributed by atoms with Crippen molar-refractivity contribution < 1.29 is 38.5 Å². The number of fused-ring (bicyclic) bond motifs is 6. The van der Waals surface area contributed by atoms with Crippen LogP contribution in [0.3, 0.4) is 0 Å². The third-order valence-electron chi connectivity index (χ3n) is 12.1. The lowest BCUT2D eigenvalue weighted by atomic mass is 9.54. The average Bonchev–Trinajstić information content (AvgIpc) is 3.53. The van der Waals surface area contributed by atoms with E-state index in [1.807, 2.05) is 39.8 Å². The lowest BCUT2D eigenvalue weighted by Crippen LogP contribution is -2.53. The van der Waals surface area contributed by atoms with Crippen LogP contribution in [0.25, 0.3) is 0 Å². The second-order valence-electron chi connectivity index (χ2n) is 13.8. The minimum atomic E-state index is -1.20. The predicted molar refractivity (Wildman–Crippen MR) is 141 cm³/mol. The van der Waals surface area contributed by atoms with Crippen LogP contribution in [-0.4, -0.2) is 52.7 Å². The molecule has 5 aliphatic carbocycles. The molecule has 11 atom stereocenters. The van der Waals surface area contributed by atoms with Gasteiger partial charge in [-0.2, -0.15) is 0 Å². The molecule has 2 saturated carbocycles. The summed E-state index contributed by atoms with van der Waals surface area (Å²) < 4.78 is 18.4. The lowest BCUT2D eigenvalue weighted by Gasteiger charge is -2.46. The van der Waals surface area contributed by atoms with Gasteiger partial charge in [-0.05, 0) is 46.1 Å². The van der Waals surface area contributed by atoms with Gasteiger partial charge in [0, 0.05) is 53.1 Å². The van der Waals surface area contributed by atoms with E-state index >= 15 is 0 Å². The maximum atomic E-state index is 14.5. The van der Waals surface area contributed by atoms with Crippen LogP contribution in [0.1, 0.15) is 60.3 Å². The van der Waals surface area contributed by atoms with Gasteiger partial charge in [-0.25, -0.2) is 4.79 Å². The molecule has 7 rings (SSSR count). The van der Waals surface area contributed by atoms with Crippen molar-refractivity contribution in [2.24, 2.45) is 39.9 Å². The molecule has 8 nitrogen and oxygen atoms in total. The van der Waals surface area contributed by atoms with Crippen LogP contribution in [0.2, 0.25) is 0 Å². The summed E-state index contributed by atoms with van der Waals surface area (Å²) in [4.78, 5) is 52.9. The van der Waals surface area contributed by atoms with Crippen LogP contribution in [0.5, 0.6) is 0 Å². The molecule has 0 amide bonds. The highest BCUT2D eigenvalue weighted by atomic mass is 16.6. The third kappa shape index (κ3) is 2.72. The van der Waals surface area contributed by atoms with Crippen LogP contribution >= 0.6 is 0 Å². The fourth-order valence-electron chi connectivity index (χ4n) is 10.4. The first-order valence-corrected chi connectivity index (χ1v) is 14.3. The standard InChI is InChI=1S/C32H36O8/c1-14-11-19(34)21-15(2)12-20(38-17(4)33)23-25(22(14)21)40-28(36)32(23)13-31-10-9-29(32,5)26(31)24-18(7-8-30(31,6)37)16(3)27(35)39-24/h9-11,18,20,22-26,37H,3,7-8,12-13H2,1-2,4-6H3/t18-,20-,22-,23+,24-,25+,26-,29+,30+,31-,32+/m0/s1. The van der Waals surface area contributed by atoms with Crippen LogP contribution < -0.4 is 0 Å². The number of esters is 3. The fourth-order valence-corrected chi connectivity index (χ4v) is 10.4. The van der Waals surface area contributed by atoms with Crippen molar-refractivity contribution in [3.63, 3.8) is 0 Å². The van der Waals surface area contributed by atoms with Crippen molar-refractivity contribution in [3.8, 4) is 0 Å². The van der Waals surface area contributed by atoms with Gasteiger partial charge in [0.2, 0.25) is 0 Å². The van der Waals surface area contributed by atoms with Crippen molar-refractivity contribution in [2.45, 2.75) is 84.2 Å². The number of rotatable bonds is 1. The first-order chi connectivity index (χ1) is 18.7. The first-order valence-electron chi connectivity index (χ1n) is 14.3. The highest BCUT2D eigenvalue weighted by Gasteiger charge is 2.84. The zero-order valence-electron chi connectivity index (χ0n) is 23.6. The monoisotopic (exact) mass is 548 g/mol. The van der Waals surface area contributed by atoms with Crippen molar-refractivity contribution >= 4 is 23.7 Å². The van der Waals surface area contributed by atoms with E-state index in [1.54, 1.807) is 6.08 Å². The molecular formula is C32H36O8. The van der Waals surface area contributed by atoms with Crippen LogP contribution in [0.4, 0.5) is 0 Å². The summed E-state index contributed by atoms with van der Waals surface area (Å²) in [5, 5.41) is 12.2. The molecular weight excluding hydrogens is 512 g/mol. The van der Waals surface area contributed by atoms with Crippen LogP contribution in [0.15, 0.2) is 47.1 Å². The number of hydrogen-bond acceptors (Lipinski definition) is 8. The van der Waals surface area contributed by atoms with Crippen molar-refractivity contribution in [1.29, 1.82) is 0 Å². The maximum Gasteiger partial charge on any atom is 0.334 e. The molecule has 212 valence electrons. The molecule has 2 heterocycles. The minimum absolute atomic E-state index is 0.0934. The van der Waals surface area contributed by atoms with E-state index in [4.69, 9.17) is 14.2 Å². The molecule has 2 saturated heterocycles. The Kier molecular flexibility index (Phi) is 4.95. The Labute approximate surface area is 233 Å². The average molecular weight is 549 g/mol. The molecule has 0 unspecified atom stereocenters. The van der Waals surface area contributed by atoms with E-state index in [1.165, 1.54) is 6.92 Å². The van der Waals surface area contributed by atoms with Crippen LogP contribution in [-0.2, 0) is 33.4 Å². The Balaban J connectivity index is 1.45. The zero-order valence-corrected chi connectivity index (χ0v) is 23.6. The molecule has 4 fully saturated rings. The Morgan fingerprint density at radius 2 is 1.85 bits per heavy atom. The molecule has 0 radical (unpaired) electrons. The maximum absolute atomic E-state index is 14.5. The summed E-state index contributed by atoms with van der Waals surface area (Å²) in [6, 6.07) is 0. The van der Waals surface area contributed by atoms with Crippen molar-refractivity contribution in [3.05, 3.63) is 47.1 Å². The van der Waals surface area contributed by atoms with Gasteiger partial charge in [-0.1, -0.05) is 36.8 Å². The summed E-state index contributed by atoms with van der Waals surface area (Å²) in [5.41, 5.74) is -1.46. The number of aliphatic hydroxyl groups is 1. The third-order valence-corrected chi connectivity index (χ3v) is 12.1. The number of hydrogen-bond donors (Lipinski definition) is 1. The van der Waals surface area contributed by atoms with Crippen molar-refractivity contribution in [1.82, 2.24) is 0 Å². The molecule has 1 N–H and O–H groups in total. The summed E-state index contributed by atoms with van der Waals surface area (Å²) in [6.07, 6.45) is 5.27. The Morgan fingerprint density at radius 3 is 2.55 bits per heavy atom.